The van der Waals surface area contributed by atoms with Crippen molar-refractivity contribution in [1.29, 1.82) is 0 Å². The number of rotatable bonds is 5. The van der Waals surface area contributed by atoms with Gasteiger partial charge in [0.1, 0.15) is 12.3 Å². The molecule has 4 rings (SSSR count). The summed E-state index contributed by atoms with van der Waals surface area (Å²) in [6.07, 6.45) is 1.50. The van der Waals surface area contributed by atoms with Crippen LogP contribution >= 0.6 is 23.4 Å². The van der Waals surface area contributed by atoms with Crippen LogP contribution in [0.15, 0.2) is 41.3 Å². The standard InChI is InChI=1S/C20H15ClN2O6S/c1-27-13-4-2-12(3-5-13)22-18(24)9-23-19(25)17(30-20(23)26)7-11-6-15-16(8-14(11)21)29-10-28-15/h2-8H,9-10H2,1H3,(H,22,24)/b17-7+. The molecule has 0 unspecified atom stereocenters. The zero-order valence-corrected chi connectivity index (χ0v) is 17.2. The molecule has 8 nitrogen and oxygen atoms in total. The third-order valence-corrected chi connectivity index (χ3v) is 5.56. The molecule has 2 aliphatic rings. The molecule has 154 valence electrons. The van der Waals surface area contributed by atoms with Crippen molar-refractivity contribution < 1.29 is 28.6 Å². The van der Waals surface area contributed by atoms with Gasteiger partial charge in [-0.3, -0.25) is 19.3 Å². The van der Waals surface area contributed by atoms with E-state index in [-0.39, 0.29) is 11.7 Å². The van der Waals surface area contributed by atoms with Crippen LogP contribution in [0.2, 0.25) is 5.02 Å². The summed E-state index contributed by atoms with van der Waals surface area (Å²) >= 11 is 6.97. The zero-order chi connectivity index (χ0) is 21.3. The van der Waals surface area contributed by atoms with E-state index in [1.54, 1.807) is 36.4 Å². The maximum atomic E-state index is 12.7. The molecule has 2 aromatic carbocycles. The predicted molar refractivity (Wildman–Crippen MR) is 112 cm³/mol. The summed E-state index contributed by atoms with van der Waals surface area (Å²) in [5.74, 6) is 0.601. The Balaban J connectivity index is 1.46. The van der Waals surface area contributed by atoms with Crippen LogP contribution in [-0.2, 0) is 9.59 Å². The fourth-order valence-electron chi connectivity index (χ4n) is 2.84. The van der Waals surface area contributed by atoms with Crippen molar-refractivity contribution in [2.24, 2.45) is 0 Å². The second-order valence-electron chi connectivity index (χ2n) is 6.27. The van der Waals surface area contributed by atoms with Gasteiger partial charge in [-0.2, -0.15) is 0 Å². The van der Waals surface area contributed by atoms with Gasteiger partial charge in [-0.1, -0.05) is 11.6 Å². The average molecular weight is 447 g/mol. The van der Waals surface area contributed by atoms with Crippen LogP contribution in [0.4, 0.5) is 10.5 Å². The van der Waals surface area contributed by atoms with Crippen LogP contribution in [0, 0.1) is 0 Å². The van der Waals surface area contributed by atoms with Crippen LogP contribution < -0.4 is 19.5 Å². The highest BCUT2D eigenvalue weighted by molar-refractivity contribution is 8.18. The number of ether oxygens (including phenoxy) is 3. The second kappa shape index (κ2) is 8.29. The van der Waals surface area contributed by atoms with E-state index in [0.29, 0.717) is 33.5 Å². The van der Waals surface area contributed by atoms with Crippen molar-refractivity contribution in [3.63, 3.8) is 0 Å². The maximum Gasteiger partial charge on any atom is 0.294 e. The van der Waals surface area contributed by atoms with Gasteiger partial charge in [0.05, 0.1) is 17.0 Å². The largest absolute Gasteiger partial charge is 0.497 e. The SMILES string of the molecule is COc1ccc(NC(=O)CN2C(=O)S/C(=C/c3cc4c(cc3Cl)OCO4)C2=O)cc1. The van der Waals surface area contributed by atoms with Crippen LogP contribution in [0.3, 0.4) is 0 Å². The fraction of sp³-hybridized carbons (Fsp3) is 0.150. The van der Waals surface area contributed by atoms with Crippen molar-refractivity contribution in [2.45, 2.75) is 0 Å². The normalized spacial score (nSPS) is 16.3. The number of benzene rings is 2. The summed E-state index contributed by atoms with van der Waals surface area (Å²) in [4.78, 5) is 38.3. The number of imide groups is 1. The molecule has 0 radical (unpaired) electrons. The number of hydrogen-bond donors (Lipinski definition) is 1. The first kappa shape index (κ1) is 20.1. The molecule has 10 heteroatoms. The van der Waals surface area contributed by atoms with E-state index in [9.17, 15) is 14.4 Å². The quantitative estimate of drug-likeness (QED) is 0.699. The van der Waals surface area contributed by atoms with Gasteiger partial charge in [-0.05, 0) is 53.7 Å². The molecule has 0 bridgehead atoms. The lowest BCUT2D eigenvalue weighted by atomic mass is 10.2. The molecular weight excluding hydrogens is 432 g/mol. The lowest BCUT2D eigenvalue weighted by molar-refractivity contribution is -0.127. The number of carbonyl (C=O) groups is 3. The molecule has 2 heterocycles. The van der Waals surface area contributed by atoms with Gasteiger partial charge in [0.25, 0.3) is 11.1 Å². The number of fused-ring (bicyclic) bond motifs is 1. The summed E-state index contributed by atoms with van der Waals surface area (Å²) in [6, 6.07) is 9.91. The highest BCUT2D eigenvalue weighted by Crippen LogP contribution is 2.39. The van der Waals surface area contributed by atoms with Gasteiger partial charge in [0.2, 0.25) is 12.7 Å². The Morgan fingerprint density at radius 2 is 1.93 bits per heavy atom. The number of halogens is 1. The average Bonchev–Trinajstić information content (AvgIpc) is 3.28. The number of methoxy groups -OCH3 is 1. The van der Waals surface area contributed by atoms with E-state index >= 15 is 0 Å². The molecule has 2 aliphatic heterocycles. The predicted octanol–water partition coefficient (Wildman–Crippen LogP) is 3.75. The van der Waals surface area contributed by atoms with E-state index in [0.717, 1.165) is 16.7 Å². The first-order valence-corrected chi connectivity index (χ1v) is 9.92. The lowest BCUT2D eigenvalue weighted by Gasteiger charge is -2.12. The number of nitrogens with one attached hydrogen (secondary N) is 1. The summed E-state index contributed by atoms with van der Waals surface area (Å²) in [6.45, 7) is -0.308. The van der Waals surface area contributed by atoms with Crippen molar-refractivity contribution in [2.75, 3.05) is 25.8 Å². The molecule has 2 aromatic rings. The Morgan fingerprint density at radius 3 is 2.63 bits per heavy atom. The second-order valence-corrected chi connectivity index (χ2v) is 7.67. The molecule has 0 atom stereocenters. The highest BCUT2D eigenvalue weighted by atomic mass is 35.5. The molecule has 3 amide bonds. The molecule has 1 fully saturated rings. The fourth-order valence-corrected chi connectivity index (χ4v) is 3.88. The third-order valence-electron chi connectivity index (χ3n) is 4.33. The Morgan fingerprint density at radius 1 is 1.23 bits per heavy atom. The van der Waals surface area contributed by atoms with Crippen LogP contribution in [-0.4, -0.2) is 42.4 Å². The molecule has 30 heavy (non-hydrogen) atoms. The molecule has 1 N–H and O–H groups in total. The Kier molecular flexibility index (Phi) is 5.56. The van der Waals surface area contributed by atoms with Crippen LogP contribution in [0.5, 0.6) is 17.2 Å². The van der Waals surface area contributed by atoms with Gasteiger partial charge in [0.15, 0.2) is 11.5 Å². The van der Waals surface area contributed by atoms with Gasteiger partial charge < -0.3 is 19.5 Å². The first-order valence-electron chi connectivity index (χ1n) is 8.73. The first-order chi connectivity index (χ1) is 14.4. The molecular formula is C20H15ClN2O6S. The minimum Gasteiger partial charge on any atom is -0.497 e. The van der Waals surface area contributed by atoms with E-state index < -0.39 is 23.6 Å². The Bertz CT molecular complexity index is 1070. The van der Waals surface area contributed by atoms with Gasteiger partial charge in [-0.25, -0.2) is 0 Å². The Hall–Kier alpha value is -3.17. The van der Waals surface area contributed by atoms with Crippen molar-refractivity contribution >= 4 is 52.2 Å². The van der Waals surface area contributed by atoms with Crippen LogP contribution in [0.25, 0.3) is 6.08 Å². The minimum atomic E-state index is -0.566. The smallest absolute Gasteiger partial charge is 0.294 e. The van der Waals surface area contributed by atoms with Crippen molar-refractivity contribution in [3.05, 3.63) is 51.9 Å². The van der Waals surface area contributed by atoms with Gasteiger partial charge >= 0.3 is 0 Å². The zero-order valence-electron chi connectivity index (χ0n) is 15.6. The van der Waals surface area contributed by atoms with Crippen LogP contribution in [0.1, 0.15) is 5.56 Å². The van der Waals surface area contributed by atoms with E-state index in [2.05, 4.69) is 5.32 Å². The molecule has 0 aliphatic carbocycles. The maximum absolute atomic E-state index is 12.7. The lowest BCUT2D eigenvalue weighted by Crippen LogP contribution is -2.36. The monoisotopic (exact) mass is 446 g/mol. The topological polar surface area (TPSA) is 94.2 Å². The number of amides is 3. The number of nitrogens with zero attached hydrogens (tertiary/aromatic N) is 1. The number of carbonyl (C=O) groups excluding carboxylic acids is 3. The van der Waals surface area contributed by atoms with E-state index in [1.165, 1.54) is 13.2 Å². The number of hydrogen-bond acceptors (Lipinski definition) is 7. The van der Waals surface area contributed by atoms with Crippen molar-refractivity contribution in [1.82, 2.24) is 4.90 Å². The summed E-state index contributed by atoms with van der Waals surface area (Å²) in [5, 5.41) is 2.46. The molecule has 0 spiro atoms. The highest BCUT2D eigenvalue weighted by Gasteiger charge is 2.36. The molecule has 1 saturated heterocycles. The Labute approximate surface area is 180 Å². The number of thioether (sulfide) groups is 1. The summed E-state index contributed by atoms with van der Waals surface area (Å²) in [7, 11) is 1.54. The summed E-state index contributed by atoms with van der Waals surface area (Å²) < 4.78 is 15.6. The van der Waals surface area contributed by atoms with E-state index in [1.807, 2.05) is 0 Å². The molecule has 0 saturated carbocycles. The third kappa shape index (κ3) is 4.07. The minimum absolute atomic E-state index is 0.0922. The molecule has 0 aromatic heterocycles. The summed E-state index contributed by atoms with van der Waals surface area (Å²) in [5.41, 5.74) is 1.03. The van der Waals surface area contributed by atoms with E-state index in [4.69, 9.17) is 25.8 Å². The number of anilines is 1. The van der Waals surface area contributed by atoms with Gasteiger partial charge in [0, 0.05) is 11.8 Å². The van der Waals surface area contributed by atoms with Crippen molar-refractivity contribution in [3.8, 4) is 17.2 Å². The van der Waals surface area contributed by atoms with Gasteiger partial charge in [-0.15, -0.1) is 0 Å².